The largest absolute Gasteiger partial charge is 0.493 e. The molecule has 1 saturated heterocycles. The molecule has 2 aromatic carbocycles. The third-order valence-electron chi connectivity index (χ3n) is 5.11. The second kappa shape index (κ2) is 9.03. The molecule has 2 aromatic rings. The minimum absolute atomic E-state index is 0.0964. The summed E-state index contributed by atoms with van der Waals surface area (Å²) < 4.78 is 43.1. The number of hydrogen-bond donors (Lipinski definition) is 0. The minimum Gasteiger partial charge on any atom is -0.493 e. The summed E-state index contributed by atoms with van der Waals surface area (Å²) >= 11 is 0. The Morgan fingerprint density at radius 1 is 1.03 bits per heavy atom. The summed E-state index contributed by atoms with van der Waals surface area (Å²) in [6.07, 6.45) is 0. The third-order valence-corrected chi connectivity index (χ3v) is 7.00. The van der Waals surface area contributed by atoms with Crippen LogP contribution in [0, 0.1) is 6.92 Å². The molecule has 1 aliphatic rings. The van der Waals surface area contributed by atoms with Crippen molar-refractivity contribution >= 4 is 21.6 Å². The molecule has 9 heteroatoms. The summed E-state index contributed by atoms with van der Waals surface area (Å²) in [4.78, 5) is 14.8. The van der Waals surface area contributed by atoms with E-state index in [1.165, 1.54) is 35.6 Å². The highest BCUT2D eigenvalue weighted by Gasteiger charge is 2.28. The fourth-order valence-electron chi connectivity index (χ4n) is 3.26. The number of anilines is 1. The minimum atomic E-state index is -3.70. The standard InChI is InChI=1S/C21H26N2O6S/c1-15-5-7-17(30(25,26)23-9-11-29-12-10-23)14-18(15)21(24)22(2)16-6-8-19(27-3)20(13-16)28-4/h5-8,13-14H,9-12H2,1-4H3. The van der Waals surface area contributed by atoms with Gasteiger partial charge in [0, 0.05) is 37.5 Å². The predicted molar refractivity (Wildman–Crippen MR) is 113 cm³/mol. The molecule has 0 radical (unpaired) electrons. The van der Waals surface area contributed by atoms with Crippen LogP contribution in [0.25, 0.3) is 0 Å². The van der Waals surface area contributed by atoms with E-state index in [0.717, 1.165) is 0 Å². The van der Waals surface area contributed by atoms with Gasteiger partial charge in [-0.05, 0) is 36.8 Å². The fraction of sp³-hybridized carbons (Fsp3) is 0.381. The SMILES string of the molecule is COc1ccc(N(C)C(=O)c2cc(S(=O)(=O)N3CCOCC3)ccc2C)cc1OC. The Bertz CT molecular complexity index is 1030. The number of rotatable bonds is 6. The Morgan fingerprint density at radius 2 is 1.70 bits per heavy atom. The second-order valence-electron chi connectivity index (χ2n) is 6.90. The highest BCUT2D eigenvalue weighted by Crippen LogP contribution is 2.32. The lowest BCUT2D eigenvalue weighted by molar-refractivity contribution is 0.0730. The Hall–Kier alpha value is -2.62. The Kier molecular flexibility index (Phi) is 6.64. The topological polar surface area (TPSA) is 85.4 Å². The molecule has 0 N–H and O–H groups in total. The summed E-state index contributed by atoms with van der Waals surface area (Å²) in [7, 11) is 0.992. The van der Waals surface area contributed by atoms with Gasteiger partial charge in [0.2, 0.25) is 10.0 Å². The molecular formula is C21H26N2O6S. The molecule has 0 bridgehead atoms. The van der Waals surface area contributed by atoms with E-state index in [-0.39, 0.29) is 10.8 Å². The number of hydrogen-bond acceptors (Lipinski definition) is 6. The van der Waals surface area contributed by atoms with Crippen molar-refractivity contribution in [2.75, 3.05) is 52.5 Å². The molecule has 30 heavy (non-hydrogen) atoms. The number of amides is 1. The zero-order valence-electron chi connectivity index (χ0n) is 17.5. The van der Waals surface area contributed by atoms with Crippen LogP contribution in [0.5, 0.6) is 11.5 Å². The molecule has 0 unspecified atom stereocenters. The van der Waals surface area contributed by atoms with E-state index >= 15 is 0 Å². The number of ether oxygens (including phenoxy) is 3. The van der Waals surface area contributed by atoms with E-state index in [4.69, 9.17) is 14.2 Å². The number of carbonyl (C=O) groups is 1. The number of methoxy groups -OCH3 is 2. The van der Waals surface area contributed by atoms with Gasteiger partial charge in [-0.25, -0.2) is 8.42 Å². The predicted octanol–water partition coefficient (Wildman–Crippen LogP) is 2.31. The first-order chi connectivity index (χ1) is 14.3. The highest BCUT2D eigenvalue weighted by atomic mass is 32.2. The summed E-state index contributed by atoms with van der Waals surface area (Å²) in [5.74, 6) is 0.727. The average molecular weight is 435 g/mol. The number of morpholine rings is 1. The lowest BCUT2D eigenvalue weighted by atomic mass is 10.1. The van der Waals surface area contributed by atoms with Gasteiger partial charge in [0.05, 0.1) is 32.3 Å². The summed E-state index contributed by atoms with van der Waals surface area (Å²) in [6, 6.07) is 9.78. The van der Waals surface area contributed by atoms with Crippen LogP contribution in [-0.4, -0.2) is 66.2 Å². The molecule has 3 rings (SSSR count). The molecule has 0 aromatic heterocycles. The van der Waals surface area contributed by atoms with Gasteiger partial charge in [-0.2, -0.15) is 4.31 Å². The van der Waals surface area contributed by atoms with E-state index in [0.29, 0.717) is 54.6 Å². The van der Waals surface area contributed by atoms with Gasteiger partial charge < -0.3 is 19.1 Å². The van der Waals surface area contributed by atoms with Gasteiger partial charge in [-0.1, -0.05) is 6.07 Å². The zero-order valence-corrected chi connectivity index (χ0v) is 18.4. The van der Waals surface area contributed by atoms with Gasteiger partial charge in [0.15, 0.2) is 11.5 Å². The van der Waals surface area contributed by atoms with Crippen LogP contribution in [-0.2, 0) is 14.8 Å². The average Bonchev–Trinajstić information content (AvgIpc) is 2.78. The first-order valence-electron chi connectivity index (χ1n) is 9.48. The van der Waals surface area contributed by atoms with Gasteiger partial charge >= 0.3 is 0 Å². The molecule has 0 aliphatic carbocycles. The lowest BCUT2D eigenvalue weighted by Gasteiger charge is -2.26. The first kappa shape index (κ1) is 22.1. The molecular weight excluding hydrogens is 408 g/mol. The number of nitrogens with zero attached hydrogens (tertiary/aromatic N) is 2. The van der Waals surface area contributed by atoms with Gasteiger partial charge in [-0.15, -0.1) is 0 Å². The van der Waals surface area contributed by atoms with E-state index in [9.17, 15) is 13.2 Å². The van der Waals surface area contributed by atoms with Crippen molar-refractivity contribution in [2.45, 2.75) is 11.8 Å². The molecule has 1 fully saturated rings. The fourth-order valence-corrected chi connectivity index (χ4v) is 4.69. The Labute approximate surface area is 177 Å². The van der Waals surface area contributed by atoms with Crippen LogP contribution in [0.1, 0.15) is 15.9 Å². The van der Waals surface area contributed by atoms with Gasteiger partial charge in [0.1, 0.15) is 0 Å². The van der Waals surface area contributed by atoms with Crippen molar-refractivity contribution in [3.8, 4) is 11.5 Å². The summed E-state index contributed by atoms with van der Waals surface area (Å²) in [5.41, 5.74) is 1.60. The molecule has 1 heterocycles. The highest BCUT2D eigenvalue weighted by molar-refractivity contribution is 7.89. The zero-order chi connectivity index (χ0) is 21.9. The van der Waals surface area contributed by atoms with E-state index in [2.05, 4.69) is 0 Å². The lowest BCUT2D eigenvalue weighted by Crippen LogP contribution is -2.40. The molecule has 1 aliphatic heterocycles. The molecule has 8 nitrogen and oxygen atoms in total. The smallest absolute Gasteiger partial charge is 0.258 e. The summed E-state index contributed by atoms with van der Waals surface area (Å²) in [5, 5.41) is 0. The van der Waals surface area contributed by atoms with Crippen molar-refractivity contribution in [1.82, 2.24) is 4.31 Å². The van der Waals surface area contributed by atoms with Crippen molar-refractivity contribution in [2.24, 2.45) is 0 Å². The maximum atomic E-state index is 13.2. The van der Waals surface area contributed by atoms with Crippen LogP contribution < -0.4 is 14.4 Å². The van der Waals surface area contributed by atoms with Crippen LogP contribution in [0.2, 0.25) is 0 Å². The first-order valence-corrected chi connectivity index (χ1v) is 10.9. The van der Waals surface area contributed by atoms with Crippen molar-refractivity contribution in [3.05, 3.63) is 47.5 Å². The maximum absolute atomic E-state index is 13.2. The number of aryl methyl sites for hydroxylation is 1. The Balaban J connectivity index is 1.93. The molecule has 0 spiro atoms. The van der Waals surface area contributed by atoms with Crippen LogP contribution in [0.15, 0.2) is 41.3 Å². The van der Waals surface area contributed by atoms with E-state index in [1.54, 1.807) is 38.2 Å². The van der Waals surface area contributed by atoms with E-state index < -0.39 is 10.0 Å². The molecule has 0 saturated carbocycles. The number of sulfonamides is 1. The van der Waals surface area contributed by atoms with Crippen LogP contribution in [0.3, 0.4) is 0 Å². The molecule has 162 valence electrons. The van der Waals surface area contributed by atoms with Crippen LogP contribution >= 0.6 is 0 Å². The monoisotopic (exact) mass is 434 g/mol. The van der Waals surface area contributed by atoms with Crippen molar-refractivity contribution < 1.29 is 27.4 Å². The van der Waals surface area contributed by atoms with Crippen molar-refractivity contribution in [3.63, 3.8) is 0 Å². The molecule has 0 atom stereocenters. The number of benzene rings is 2. The van der Waals surface area contributed by atoms with Crippen LogP contribution in [0.4, 0.5) is 5.69 Å². The number of carbonyl (C=O) groups excluding carboxylic acids is 1. The van der Waals surface area contributed by atoms with Gasteiger partial charge in [0.25, 0.3) is 5.91 Å². The quantitative estimate of drug-likeness (QED) is 0.694. The Morgan fingerprint density at radius 3 is 2.33 bits per heavy atom. The summed E-state index contributed by atoms with van der Waals surface area (Å²) in [6.45, 7) is 3.09. The normalized spacial score (nSPS) is 14.9. The maximum Gasteiger partial charge on any atom is 0.258 e. The van der Waals surface area contributed by atoms with Crippen molar-refractivity contribution in [1.29, 1.82) is 0 Å². The third kappa shape index (κ3) is 4.28. The van der Waals surface area contributed by atoms with E-state index in [1.807, 2.05) is 0 Å². The second-order valence-corrected chi connectivity index (χ2v) is 8.83. The van der Waals surface area contributed by atoms with Gasteiger partial charge in [-0.3, -0.25) is 4.79 Å². The molecule has 1 amide bonds.